The van der Waals surface area contributed by atoms with Gasteiger partial charge in [-0.25, -0.2) is 0 Å². The lowest BCUT2D eigenvalue weighted by Gasteiger charge is -2.47. The third-order valence-corrected chi connectivity index (χ3v) is 8.74. The first kappa shape index (κ1) is 32.2. The number of carboxylic acid groups (broad SMARTS) is 1. The van der Waals surface area contributed by atoms with Gasteiger partial charge >= 0.3 is 12.1 Å². The number of carbonyl (C=O) groups is 3. The third-order valence-electron chi connectivity index (χ3n) is 8.74. The molecule has 1 aliphatic carbocycles. The van der Waals surface area contributed by atoms with Crippen molar-refractivity contribution in [3.63, 3.8) is 0 Å². The Balaban J connectivity index is 1.68. The van der Waals surface area contributed by atoms with Gasteiger partial charge in [-0.3, -0.25) is 19.4 Å². The van der Waals surface area contributed by atoms with E-state index in [4.69, 9.17) is 10.1 Å². The topological polar surface area (TPSA) is 99.1 Å². The number of carbonyl (C=O) groups excluding carboxylic acids is 2. The van der Waals surface area contributed by atoms with E-state index in [1.54, 1.807) is 12.1 Å². The second-order valence-corrected chi connectivity index (χ2v) is 12.7. The summed E-state index contributed by atoms with van der Waals surface area (Å²) in [6, 6.07) is 11.2. The molecule has 1 aliphatic heterocycles. The average molecular weight is 600 g/mol. The molecule has 1 spiro atoms. The molecular formula is C33H40F3N3O4. The van der Waals surface area contributed by atoms with Crippen LogP contribution in [0, 0.1) is 11.3 Å². The second kappa shape index (κ2) is 12.5. The number of amides is 2. The van der Waals surface area contributed by atoms with Gasteiger partial charge in [0.05, 0.1) is 18.0 Å². The van der Waals surface area contributed by atoms with Gasteiger partial charge in [0.1, 0.15) is 11.4 Å². The molecule has 2 amide bonds. The highest BCUT2D eigenvalue weighted by Gasteiger charge is 2.52. The number of rotatable bonds is 9. The van der Waals surface area contributed by atoms with E-state index in [1.165, 1.54) is 12.1 Å². The van der Waals surface area contributed by atoms with Crippen molar-refractivity contribution < 1.29 is 32.7 Å². The number of hydrogen-bond acceptors (Lipinski definition) is 4. The third kappa shape index (κ3) is 7.11. The number of nitrogens with zero attached hydrogens (tertiary/aromatic N) is 2. The molecule has 0 bridgehead atoms. The maximum absolute atomic E-state index is 14.2. The molecule has 0 saturated heterocycles. The predicted octanol–water partition coefficient (Wildman–Crippen LogP) is 7.02. The molecule has 1 saturated carbocycles. The summed E-state index contributed by atoms with van der Waals surface area (Å²) in [6.45, 7) is 8.67. The van der Waals surface area contributed by atoms with Crippen molar-refractivity contribution in [2.75, 3.05) is 6.54 Å². The van der Waals surface area contributed by atoms with E-state index < -0.39 is 23.4 Å². The predicted molar refractivity (Wildman–Crippen MR) is 158 cm³/mol. The number of alkyl halides is 3. The summed E-state index contributed by atoms with van der Waals surface area (Å²) >= 11 is 0. The molecule has 4 rings (SSSR count). The first-order valence-electron chi connectivity index (χ1n) is 14.9. The molecule has 2 N–H and O–H groups in total. The summed E-state index contributed by atoms with van der Waals surface area (Å²) in [5, 5.41) is 11.4. The summed E-state index contributed by atoms with van der Waals surface area (Å²) < 4.78 is 39.7. The summed E-state index contributed by atoms with van der Waals surface area (Å²) in [7, 11) is 0. The number of nitrogens with one attached hydrogen (secondary N) is 1. The van der Waals surface area contributed by atoms with Crippen molar-refractivity contribution in [3.05, 3.63) is 70.8 Å². The summed E-state index contributed by atoms with van der Waals surface area (Å²) in [5.41, 5.74) is 0.246. The van der Waals surface area contributed by atoms with Crippen LogP contribution in [0.4, 0.5) is 13.2 Å². The van der Waals surface area contributed by atoms with Crippen LogP contribution in [0.2, 0.25) is 0 Å². The number of benzene rings is 2. The molecule has 10 heteroatoms. The van der Waals surface area contributed by atoms with Crippen molar-refractivity contribution in [1.29, 1.82) is 0 Å². The fourth-order valence-electron chi connectivity index (χ4n) is 6.31. The van der Waals surface area contributed by atoms with Crippen LogP contribution in [-0.2, 0) is 15.8 Å². The number of hydrogen-bond donors (Lipinski definition) is 2. The number of carboxylic acids is 1. The van der Waals surface area contributed by atoms with Crippen LogP contribution in [0.25, 0.3) is 0 Å². The number of halogens is 3. The zero-order valence-corrected chi connectivity index (χ0v) is 25.1. The Hall–Kier alpha value is -3.69. The average Bonchev–Trinajstić information content (AvgIpc) is 3.21. The molecule has 2 aromatic rings. The molecule has 2 aliphatic rings. The van der Waals surface area contributed by atoms with E-state index in [2.05, 4.69) is 26.1 Å². The first-order chi connectivity index (χ1) is 20.2. The minimum atomic E-state index is -4.48. The van der Waals surface area contributed by atoms with Crippen molar-refractivity contribution >= 4 is 23.5 Å². The first-order valence-corrected chi connectivity index (χ1v) is 14.9. The van der Waals surface area contributed by atoms with Crippen LogP contribution < -0.4 is 5.32 Å². The highest BCUT2D eigenvalue weighted by atomic mass is 19.4. The Morgan fingerprint density at radius 3 is 2.16 bits per heavy atom. The van der Waals surface area contributed by atoms with Crippen molar-refractivity contribution in [2.24, 2.45) is 16.3 Å². The van der Waals surface area contributed by atoms with Crippen LogP contribution in [-0.4, -0.2) is 45.7 Å². The quantitative estimate of drug-likeness (QED) is 0.324. The van der Waals surface area contributed by atoms with Gasteiger partial charge in [0.15, 0.2) is 0 Å². The Bertz CT molecular complexity index is 1350. The molecule has 0 radical (unpaired) electrons. The van der Waals surface area contributed by atoms with E-state index in [1.807, 2.05) is 24.0 Å². The zero-order valence-electron chi connectivity index (χ0n) is 25.1. The standard InChI is InChI=1S/C33H40F3N3O4/c1-5-6-26(21-7-9-23(10-8-21)29(42)37-20-17-27(40)41)39-30(43)28(22-11-13-25(14-12-22)33(34,35)36)38-32(39)18-15-24(16-19-32)31(2,3)4/h7-14,24,26H,5-6,15-20H2,1-4H3,(H,37,42)(H,40,41)/t24?,26-,32?/m1/s1. The number of aliphatic imine (C=N–C) groups is 1. The lowest BCUT2D eigenvalue weighted by atomic mass is 9.69. The fourth-order valence-corrected chi connectivity index (χ4v) is 6.31. The van der Waals surface area contributed by atoms with Gasteiger partial charge in [0, 0.05) is 17.7 Å². The molecular weight excluding hydrogens is 559 g/mol. The second-order valence-electron chi connectivity index (χ2n) is 12.7. The van der Waals surface area contributed by atoms with E-state index in [-0.39, 0.29) is 41.9 Å². The molecule has 43 heavy (non-hydrogen) atoms. The molecule has 0 unspecified atom stereocenters. The van der Waals surface area contributed by atoms with E-state index in [0.717, 1.165) is 37.0 Å². The van der Waals surface area contributed by atoms with Gasteiger partial charge in [0.2, 0.25) is 0 Å². The smallest absolute Gasteiger partial charge is 0.416 e. The lowest BCUT2D eigenvalue weighted by molar-refractivity contribution is -0.138. The minimum Gasteiger partial charge on any atom is -0.481 e. The monoisotopic (exact) mass is 599 g/mol. The Morgan fingerprint density at radius 2 is 1.65 bits per heavy atom. The maximum Gasteiger partial charge on any atom is 0.416 e. The van der Waals surface area contributed by atoms with Gasteiger partial charge in [-0.15, -0.1) is 0 Å². The summed E-state index contributed by atoms with van der Waals surface area (Å²) in [6.07, 6.45) is -0.234. The van der Waals surface area contributed by atoms with Gasteiger partial charge in [0.25, 0.3) is 11.8 Å². The Labute approximate surface area is 250 Å². The molecule has 0 aromatic heterocycles. The normalized spacial score (nSPS) is 21.6. The summed E-state index contributed by atoms with van der Waals surface area (Å²) in [5.74, 6) is -1.24. The highest BCUT2D eigenvalue weighted by Crippen LogP contribution is 2.50. The molecule has 1 heterocycles. The van der Waals surface area contributed by atoms with Gasteiger partial charge in [-0.2, -0.15) is 13.2 Å². The lowest BCUT2D eigenvalue weighted by Crippen LogP contribution is -2.51. The van der Waals surface area contributed by atoms with Crippen LogP contribution in [0.15, 0.2) is 53.5 Å². The fraction of sp³-hybridized carbons (Fsp3) is 0.515. The SMILES string of the molecule is CCC[C@H](c1ccc(C(=O)NCCC(=O)O)cc1)N1C(=O)C(c2ccc(C(F)(F)F)cc2)=NC12CCC(C(C)(C)C)CC2. The van der Waals surface area contributed by atoms with E-state index >= 15 is 0 Å². The van der Waals surface area contributed by atoms with Crippen LogP contribution in [0.3, 0.4) is 0 Å². The van der Waals surface area contributed by atoms with E-state index in [9.17, 15) is 27.6 Å². The van der Waals surface area contributed by atoms with Crippen molar-refractivity contribution in [2.45, 2.75) is 90.5 Å². The van der Waals surface area contributed by atoms with Gasteiger partial charge < -0.3 is 15.3 Å². The zero-order chi connectivity index (χ0) is 31.6. The van der Waals surface area contributed by atoms with Gasteiger partial charge in [-0.05, 0) is 73.3 Å². The highest BCUT2D eigenvalue weighted by molar-refractivity contribution is 6.46. The Morgan fingerprint density at radius 1 is 1.05 bits per heavy atom. The van der Waals surface area contributed by atoms with Crippen LogP contribution >= 0.6 is 0 Å². The molecule has 1 atom stereocenters. The number of aliphatic carboxylic acids is 1. The van der Waals surface area contributed by atoms with E-state index in [0.29, 0.717) is 36.3 Å². The molecule has 232 valence electrons. The van der Waals surface area contributed by atoms with Crippen LogP contribution in [0.1, 0.15) is 106 Å². The van der Waals surface area contributed by atoms with Gasteiger partial charge in [-0.1, -0.05) is 58.4 Å². The molecule has 7 nitrogen and oxygen atoms in total. The van der Waals surface area contributed by atoms with Crippen LogP contribution in [0.5, 0.6) is 0 Å². The minimum absolute atomic E-state index is 0.0127. The van der Waals surface area contributed by atoms with Crippen molar-refractivity contribution in [3.8, 4) is 0 Å². The maximum atomic E-state index is 14.2. The van der Waals surface area contributed by atoms with Crippen molar-refractivity contribution in [1.82, 2.24) is 10.2 Å². The Kier molecular flexibility index (Phi) is 9.37. The summed E-state index contributed by atoms with van der Waals surface area (Å²) in [4.78, 5) is 44.4. The largest absolute Gasteiger partial charge is 0.481 e. The molecule has 1 fully saturated rings. The molecule has 2 aromatic carbocycles.